The molecule has 1 aromatic carbocycles. The molecule has 0 aliphatic carbocycles. The van der Waals surface area contributed by atoms with Gasteiger partial charge in [0.15, 0.2) is 23.9 Å². The first-order valence-electron chi connectivity index (χ1n) is 10.9. The lowest BCUT2D eigenvalue weighted by molar-refractivity contribution is -0.124. The number of hydrogen-bond donors (Lipinski definition) is 2. The van der Waals surface area contributed by atoms with Crippen molar-refractivity contribution in [3.05, 3.63) is 47.9 Å². The minimum Gasteiger partial charge on any atom is -0.507 e. The largest absolute Gasteiger partial charge is 0.507 e. The van der Waals surface area contributed by atoms with Gasteiger partial charge in [-0.25, -0.2) is 0 Å². The standard InChI is InChI=1S/C24H28N4O5/c1-14(2)9-16(23-27-26-20-7-5-6-8-28(20)23)25-21(31)13-32-15-10-17(29)22-18(30)12-24(3,4)33-19(22)11-15/h5-8,10-11,14,16,29H,9,12-13H2,1-4H3,(H,25,31)/t16-/m0/s1. The molecule has 0 bridgehead atoms. The first-order chi connectivity index (χ1) is 15.6. The van der Waals surface area contributed by atoms with Gasteiger partial charge in [0.2, 0.25) is 0 Å². The van der Waals surface area contributed by atoms with Gasteiger partial charge in [-0.2, -0.15) is 0 Å². The second kappa shape index (κ2) is 8.73. The highest BCUT2D eigenvalue weighted by molar-refractivity contribution is 6.03. The van der Waals surface area contributed by atoms with Crippen molar-refractivity contribution in [2.45, 2.75) is 52.2 Å². The lowest BCUT2D eigenvalue weighted by atomic mass is 9.92. The molecule has 0 saturated heterocycles. The number of phenolic OH excluding ortho intramolecular Hbond substituents is 1. The molecule has 1 amide bonds. The molecule has 0 spiro atoms. The third-order valence-corrected chi connectivity index (χ3v) is 5.37. The maximum atomic E-state index is 12.7. The fourth-order valence-electron chi connectivity index (χ4n) is 4.01. The van der Waals surface area contributed by atoms with Crippen molar-refractivity contribution < 1.29 is 24.2 Å². The van der Waals surface area contributed by atoms with Crippen LogP contribution in [0.15, 0.2) is 36.5 Å². The second-order valence-electron chi connectivity index (χ2n) is 9.30. The van der Waals surface area contributed by atoms with E-state index in [0.717, 1.165) is 0 Å². The van der Waals surface area contributed by atoms with E-state index in [0.29, 0.717) is 23.8 Å². The zero-order valence-corrected chi connectivity index (χ0v) is 19.2. The van der Waals surface area contributed by atoms with Gasteiger partial charge in [-0.05, 0) is 38.3 Å². The molecule has 0 fully saturated rings. The number of amides is 1. The van der Waals surface area contributed by atoms with E-state index in [1.165, 1.54) is 12.1 Å². The first-order valence-corrected chi connectivity index (χ1v) is 10.9. The van der Waals surface area contributed by atoms with Crippen LogP contribution in [-0.4, -0.2) is 43.6 Å². The van der Waals surface area contributed by atoms with Crippen molar-refractivity contribution >= 4 is 17.3 Å². The number of phenols is 1. The van der Waals surface area contributed by atoms with Gasteiger partial charge in [0.1, 0.15) is 28.4 Å². The molecule has 3 aromatic rings. The number of aromatic hydroxyl groups is 1. The number of carbonyl (C=O) groups is 2. The Morgan fingerprint density at radius 1 is 1.30 bits per heavy atom. The zero-order chi connectivity index (χ0) is 23.8. The summed E-state index contributed by atoms with van der Waals surface area (Å²) in [6, 6.07) is 8.11. The summed E-state index contributed by atoms with van der Waals surface area (Å²) in [7, 11) is 0. The maximum Gasteiger partial charge on any atom is 0.258 e. The smallest absolute Gasteiger partial charge is 0.258 e. The minimum atomic E-state index is -0.683. The number of nitrogens with one attached hydrogen (secondary N) is 1. The Morgan fingerprint density at radius 2 is 2.09 bits per heavy atom. The number of fused-ring (bicyclic) bond motifs is 2. The number of hydrogen-bond acceptors (Lipinski definition) is 7. The Morgan fingerprint density at radius 3 is 2.85 bits per heavy atom. The number of Topliss-reactive ketones (excluding diaryl/α,β-unsaturated/α-hetero) is 1. The highest BCUT2D eigenvalue weighted by atomic mass is 16.5. The SMILES string of the molecule is CC(C)C[C@H](NC(=O)COc1cc(O)c2c(c1)OC(C)(C)CC2=O)c1nnc2ccccn12. The monoisotopic (exact) mass is 452 g/mol. The number of ether oxygens (including phenoxy) is 2. The van der Waals surface area contributed by atoms with E-state index in [-0.39, 0.29) is 53.6 Å². The predicted octanol–water partition coefficient (Wildman–Crippen LogP) is 3.46. The van der Waals surface area contributed by atoms with E-state index in [4.69, 9.17) is 9.47 Å². The van der Waals surface area contributed by atoms with Crippen LogP contribution in [0.2, 0.25) is 0 Å². The van der Waals surface area contributed by atoms with Crippen LogP contribution in [0.25, 0.3) is 5.65 Å². The Kier molecular flexibility index (Phi) is 5.97. The minimum absolute atomic E-state index is 0.141. The van der Waals surface area contributed by atoms with Crippen molar-refractivity contribution in [3.8, 4) is 17.2 Å². The highest BCUT2D eigenvalue weighted by Crippen LogP contribution is 2.40. The summed E-state index contributed by atoms with van der Waals surface area (Å²) in [5.74, 6) is 0.676. The molecule has 9 nitrogen and oxygen atoms in total. The highest BCUT2D eigenvalue weighted by Gasteiger charge is 2.35. The van der Waals surface area contributed by atoms with E-state index in [1.807, 2.05) is 28.8 Å². The molecule has 2 N–H and O–H groups in total. The zero-order valence-electron chi connectivity index (χ0n) is 19.2. The summed E-state index contributed by atoms with van der Waals surface area (Å²) in [5.41, 5.74) is 0.160. The predicted molar refractivity (Wildman–Crippen MR) is 121 cm³/mol. The first kappa shape index (κ1) is 22.6. The van der Waals surface area contributed by atoms with Gasteiger partial charge in [-0.1, -0.05) is 19.9 Å². The molecular formula is C24H28N4O5. The summed E-state index contributed by atoms with van der Waals surface area (Å²) >= 11 is 0. The molecule has 4 rings (SSSR count). The molecular weight excluding hydrogens is 424 g/mol. The molecule has 0 radical (unpaired) electrons. The van der Waals surface area contributed by atoms with Crippen molar-refractivity contribution in [2.75, 3.05) is 6.61 Å². The third-order valence-electron chi connectivity index (χ3n) is 5.37. The van der Waals surface area contributed by atoms with Gasteiger partial charge < -0.3 is 19.9 Å². The lowest BCUT2D eigenvalue weighted by Crippen LogP contribution is -2.36. The fraction of sp³-hybridized carbons (Fsp3) is 0.417. The molecule has 33 heavy (non-hydrogen) atoms. The van der Waals surface area contributed by atoms with Crippen LogP contribution in [0.5, 0.6) is 17.2 Å². The Labute approximate surface area is 191 Å². The van der Waals surface area contributed by atoms with Gasteiger partial charge >= 0.3 is 0 Å². The molecule has 9 heteroatoms. The molecule has 2 aromatic heterocycles. The average molecular weight is 453 g/mol. The lowest BCUT2D eigenvalue weighted by Gasteiger charge is -2.32. The summed E-state index contributed by atoms with van der Waals surface area (Å²) < 4.78 is 13.3. The molecule has 0 saturated carbocycles. The van der Waals surface area contributed by atoms with Crippen LogP contribution in [0.1, 0.15) is 62.8 Å². The Bertz CT molecular complexity index is 1200. The second-order valence-corrected chi connectivity index (χ2v) is 9.30. The van der Waals surface area contributed by atoms with E-state index in [9.17, 15) is 14.7 Å². The van der Waals surface area contributed by atoms with Crippen molar-refractivity contribution in [2.24, 2.45) is 5.92 Å². The topological polar surface area (TPSA) is 115 Å². The average Bonchev–Trinajstić information content (AvgIpc) is 3.14. The van der Waals surface area contributed by atoms with Crippen LogP contribution in [0.4, 0.5) is 0 Å². The van der Waals surface area contributed by atoms with Crippen LogP contribution in [-0.2, 0) is 4.79 Å². The quantitative estimate of drug-likeness (QED) is 0.564. The number of ketones is 1. The number of pyridine rings is 1. The Balaban J connectivity index is 1.48. The summed E-state index contributed by atoms with van der Waals surface area (Å²) in [6.45, 7) is 7.46. The van der Waals surface area contributed by atoms with Gasteiger partial charge in [0.25, 0.3) is 5.91 Å². The number of carbonyl (C=O) groups excluding carboxylic acids is 2. The normalized spacial score (nSPS) is 15.7. The van der Waals surface area contributed by atoms with Crippen LogP contribution >= 0.6 is 0 Å². The van der Waals surface area contributed by atoms with Gasteiger partial charge in [0, 0.05) is 18.3 Å². The van der Waals surface area contributed by atoms with Gasteiger partial charge in [-0.3, -0.25) is 14.0 Å². The maximum absolute atomic E-state index is 12.7. The van der Waals surface area contributed by atoms with Crippen LogP contribution in [0, 0.1) is 5.92 Å². The third kappa shape index (κ3) is 4.92. The van der Waals surface area contributed by atoms with Crippen LogP contribution in [0.3, 0.4) is 0 Å². The molecule has 174 valence electrons. The van der Waals surface area contributed by atoms with Crippen molar-refractivity contribution in [1.29, 1.82) is 0 Å². The van der Waals surface area contributed by atoms with Gasteiger partial charge in [0.05, 0.1) is 12.5 Å². The summed E-state index contributed by atoms with van der Waals surface area (Å²) in [5, 5.41) is 21.7. The van der Waals surface area contributed by atoms with Gasteiger partial charge in [-0.15, -0.1) is 10.2 Å². The van der Waals surface area contributed by atoms with E-state index < -0.39 is 5.60 Å². The summed E-state index contributed by atoms with van der Waals surface area (Å²) in [4.78, 5) is 25.1. The molecule has 1 aliphatic rings. The van der Waals surface area contributed by atoms with Crippen molar-refractivity contribution in [1.82, 2.24) is 19.9 Å². The van der Waals surface area contributed by atoms with E-state index in [1.54, 1.807) is 13.8 Å². The summed E-state index contributed by atoms with van der Waals surface area (Å²) in [6.07, 6.45) is 2.70. The van der Waals surface area contributed by atoms with Crippen LogP contribution < -0.4 is 14.8 Å². The number of benzene rings is 1. The molecule has 3 heterocycles. The molecule has 1 atom stereocenters. The van der Waals surface area contributed by atoms with E-state index in [2.05, 4.69) is 29.4 Å². The Hall–Kier alpha value is -3.62. The number of rotatable bonds is 7. The fourth-order valence-corrected chi connectivity index (χ4v) is 4.01. The van der Waals surface area contributed by atoms with E-state index >= 15 is 0 Å². The number of aromatic nitrogens is 3. The number of nitrogens with zero attached hydrogens (tertiary/aromatic N) is 3. The van der Waals surface area contributed by atoms with Crippen molar-refractivity contribution in [3.63, 3.8) is 0 Å². The molecule has 1 aliphatic heterocycles. The molecule has 0 unspecified atom stereocenters.